The van der Waals surface area contributed by atoms with Crippen molar-refractivity contribution in [1.29, 1.82) is 0 Å². The van der Waals surface area contributed by atoms with E-state index in [1.807, 2.05) is 6.92 Å². The lowest BCUT2D eigenvalue weighted by atomic mass is 10.0. The van der Waals surface area contributed by atoms with Crippen LogP contribution in [0.5, 0.6) is 0 Å². The zero-order valence-corrected chi connectivity index (χ0v) is 17.7. The Hall–Kier alpha value is -2.51. The molecule has 5 rings (SSSR count). The Morgan fingerprint density at radius 1 is 1.10 bits per heavy atom. The fraction of sp³-hybridized carbons (Fsp3) is 0.522. The Morgan fingerprint density at radius 2 is 1.97 bits per heavy atom. The van der Waals surface area contributed by atoms with Crippen LogP contribution in [-0.4, -0.2) is 53.5 Å². The van der Waals surface area contributed by atoms with Crippen molar-refractivity contribution in [2.45, 2.75) is 51.6 Å². The Bertz CT molecular complexity index is 1020. The lowest BCUT2D eigenvalue weighted by Gasteiger charge is -2.35. The van der Waals surface area contributed by atoms with Crippen molar-refractivity contribution in [1.82, 2.24) is 20.4 Å². The van der Waals surface area contributed by atoms with Gasteiger partial charge in [-0.15, -0.1) is 0 Å². The summed E-state index contributed by atoms with van der Waals surface area (Å²) in [5, 5.41) is 8.89. The fourth-order valence-corrected chi connectivity index (χ4v) is 4.50. The number of piperidine rings is 1. The maximum absolute atomic E-state index is 5.54. The summed E-state index contributed by atoms with van der Waals surface area (Å²) < 4.78 is 11.1. The lowest BCUT2D eigenvalue weighted by molar-refractivity contribution is 0.186. The third-order valence-corrected chi connectivity index (χ3v) is 6.22. The van der Waals surface area contributed by atoms with Crippen molar-refractivity contribution >= 4 is 16.7 Å². The SMILES string of the molecule is CCc1ccc2nc(N3CCC(N[C@H]4CCOC4)CC3)c(-c3nc(C)no3)cc2c1. The highest BCUT2D eigenvalue weighted by molar-refractivity contribution is 5.88. The first-order valence-corrected chi connectivity index (χ1v) is 11.0. The first-order chi connectivity index (χ1) is 14.7. The van der Waals surface area contributed by atoms with Gasteiger partial charge in [-0.3, -0.25) is 0 Å². The molecule has 7 nitrogen and oxygen atoms in total. The molecule has 2 aromatic heterocycles. The topological polar surface area (TPSA) is 76.3 Å². The van der Waals surface area contributed by atoms with Gasteiger partial charge in [0, 0.05) is 37.2 Å². The second-order valence-electron chi connectivity index (χ2n) is 8.38. The van der Waals surface area contributed by atoms with Crippen LogP contribution in [0.2, 0.25) is 0 Å². The number of nitrogens with one attached hydrogen (secondary N) is 1. The first-order valence-electron chi connectivity index (χ1n) is 11.0. The second-order valence-corrected chi connectivity index (χ2v) is 8.38. The minimum Gasteiger partial charge on any atom is -0.380 e. The number of anilines is 1. The average Bonchev–Trinajstić information content (AvgIpc) is 3.45. The highest BCUT2D eigenvalue weighted by Crippen LogP contribution is 2.33. The molecule has 1 N–H and O–H groups in total. The summed E-state index contributed by atoms with van der Waals surface area (Å²) in [5.41, 5.74) is 3.23. The number of benzene rings is 1. The number of hydrogen-bond acceptors (Lipinski definition) is 7. The van der Waals surface area contributed by atoms with Crippen molar-refractivity contribution < 1.29 is 9.26 Å². The largest absolute Gasteiger partial charge is 0.380 e. The van der Waals surface area contributed by atoms with Crippen LogP contribution in [0.4, 0.5) is 5.82 Å². The van der Waals surface area contributed by atoms with Crippen LogP contribution in [0, 0.1) is 6.92 Å². The van der Waals surface area contributed by atoms with E-state index in [1.165, 1.54) is 5.56 Å². The third-order valence-electron chi connectivity index (χ3n) is 6.22. The normalized spacial score (nSPS) is 20.3. The molecule has 7 heteroatoms. The number of aryl methyl sites for hydroxylation is 2. The standard InChI is InChI=1S/C23H29N5O2/c1-3-16-4-5-21-17(12-16)13-20(23-24-15(2)27-30-23)22(26-21)28-9-6-18(7-10-28)25-19-8-11-29-14-19/h4-5,12-13,18-19,25H,3,6-11,14H2,1-2H3/t19-/m0/s1. The number of rotatable bonds is 5. The minimum atomic E-state index is 0.505. The Labute approximate surface area is 176 Å². The van der Waals surface area contributed by atoms with Gasteiger partial charge in [0.25, 0.3) is 5.89 Å². The molecule has 0 spiro atoms. The summed E-state index contributed by atoms with van der Waals surface area (Å²) in [5.74, 6) is 2.13. The van der Waals surface area contributed by atoms with E-state index in [9.17, 15) is 0 Å². The van der Waals surface area contributed by atoms with Crippen LogP contribution in [0.3, 0.4) is 0 Å². The molecule has 0 bridgehead atoms. The van der Waals surface area contributed by atoms with E-state index in [0.717, 1.165) is 74.3 Å². The molecular weight excluding hydrogens is 378 g/mol. The van der Waals surface area contributed by atoms with Crippen molar-refractivity contribution in [3.05, 3.63) is 35.7 Å². The molecule has 0 unspecified atom stereocenters. The Balaban J connectivity index is 1.43. The summed E-state index contributed by atoms with van der Waals surface area (Å²) in [6.45, 7) is 7.65. The molecule has 2 aliphatic heterocycles. The summed E-state index contributed by atoms with van der Waals surface area (Å²) >= 11 is 0. The summed E-state index contributed by atoms with van der Waals surface area (Å²) in [6.07, 6.45) is 4.30. The van der Waals surface area contributed by atoms with E-state index < -0.39 is 0 Å². The number of nitrogens with zero attached hydrogens (tertiary/aromatic N) is 4. The van der Waals surface area contributed by atoms with Gasteiger partial charge in [-0.2, -0.15) is 4.98 Å². The number of aromatic nitrogens is 3. The maximum Gasteiger partial charge on any atom is 0.261 e. The van der Waals surface area contributed by atoms with E-state index in [-0.39, 0.29) is 0 Å². The maximum atomic E-state index is 5.54. The van der Waals surface area contributed by atoms with Crippen LogP contribution in [0.25, 0.3) is 22.4 Å². The van der Waals surface area contributed by atoms with E-state index in [4.69, 9.17) is 14.2 Å². The monoisotopic (exact) mass is 407 g/mol. The van der Waals surface area contributed by atoms with Gasteiger partial charge in [-0.1, -0.05) is 18.1 Å². The fourth-order valence-electron chi connectivity index (χ4n) is 4.50. The summed E-state index contributed by atoms with van der Waals surface area (Å²) in [4.78, 5) is 11.9. The third kappa shape index (κ3) is 3.91. The van der Waals surface area contributed by atoms with Crippen LogP contribution in [0.1, 0.15) is 37.6 Å². The highest BCUT2D eigenvalue weighted by Gasteiger charge is 2.27. The smallest absolute Gasteiger partial charge is 0.261 e. The van der Waals surface area contributed by atoms with Gasteiger partial charge in [0.15, 0.2) is 5.82 Å². The van der Waals surface area contributed by atoms with Crippen molar-refractivity contribution in [2.75, 3.05) is 31.2 Å². The van der Waals surface area contributed by atoms with Crippen LogP contribution in [-0.2, 0) is 11.2 Å². The Kier molecular flexibility index (Phi) is 5.39. The van der Waals surface area contributed by atoms with Gasteiger partial charge >= 0.3 is 0 Å². The first kappa shape index (κ1) is 19.5. The van der Waals surface area contributed by atoms with Gasteiger partial charge in [0.1, 0.15) is 5.82 Å². The lowest BCUT2D eigenvalue weighted by Crippen LogP contribution is -2.46. The predicted molar refractivity (Wildman–Crippen MR) is 117 cm³/mol. The average molecular weight is 408 g/mol. The van der Waals surface area contributed by atoms with Gasteiger partial charge in [0.05, 0.1) is 17.7 Å². The molecule has 1 atom stereocenters. The highest BCUT2D eigenvalue weighted by atomic mass is 16.5. The molecule has 1 aromatic carbocycles. The van der Waals surface area contributed by atoms with Crippen molar-refractivity contribution in [3.8, 4) is 11.5 Å². The predicted octanol–water partition coefficient (Wildman–Crippen LogP) is 3.50. The molecule has 30 heavy (non-hydrogen) atoms. The minimum absolute atomic E-state index is 0.505. The molecule has 4 heterocycles. The molecule has 2 aliphatic rings. The number of pyridine rings is 1. The van der Waals surface area contributed by atoms with Crippen LogP contribution < -0.4 is 10.2 Å². The van der Waals surface area contributed by atoms with Gasteiger partial charge in [-0.25, -0.2) is 4.98 Å². The van der Waals surface area contributed by atoms with E-state index in [1.54, 1.807) is 0 Å². The molecule has 2 saturated heterocycles. The zero-order chi connectivity index (χ0) is 20.5. The second kappa shape index (κ2) is 8.32. The number of ether oxygens (including phenoxy) is 1. The quantitative estimate of drug-likeness (QED) is 0.694. The van der Waals surface area contributed by atoms with E-state index in [2.05, 4.69) is 51.5 Å². The van der Waals surface area contributed by atoms with E-state index >= 15 is 0 Å². The molecule has 2 fully saturated rings. The van der Waals surface area contributed by atoms with Crippen LogP contribution >= 0.6 is 0 Å². The molecule has 3 aromatic rings. The van der Waals surface area contributed by atoms with Crippen LogP contribution in [0.15, 0.2) is 28.8 Å². The Morgan fingerprint density at radius 3 is 2.67 bits per heavy atom. The molecular formula is C23H29N5O2. The van der Waals surface area contributed by atoms with Crippen molar-refractivity contribution in [2.24, 2.45) is 0 Å². The number of hydrogen-bond donors (Lipinski definition) is 1. The summed E-state index contributed by atoms with van der Waals surface area (Å²) in [7, 11) is 0. The molecule has 0 radical (unpaired) electrons. The molecule has 158 valence electrons. The van der Waals surface area contributed by atoms with E-state index in [0.29, 0.717) is 23.8 Å². The molecule has 0 amide bonds. The van der Waals surface area contributed by atoms with Gasteiger partial charge in [-0.05, 0) is 56.4 Å². The number of fused-ring (bicyclic) bond motifs is 1. The summed E-state index contributed by atoms with van der Waals surface area (Å²) in [6, 6.07) is 9.69. The van der Waals surface area contributed by atoms with Gasteiger partial charge < -0.3 is 19.5 Å². The molecule has 0 saturated carbocycles. The zero-order valence-electron chi connectivity index (χ0n) is 17.7. The molecule has 0 aliphatic carbocycles. The van der Waals surface area contributed by atoms with Crippen molar-refractivity contribution in [3.63, 3.8) is 0 Å². The van der Waals surface area contributed by atoms with Gasteiger partial charge in [0.2, 0.25) is 0 Å².